The van der Waals surface area contributed by atoms with Crippen molar-refractivity contribution in [1.82, 2.24) is 5.32 Å². The topological polar surface area (TPSA) is 75.0 Å². The second kappa shape index (κ2) is 15.8. The minimum absolute atomic E-state index is 0. The largest absolute Gasteiger partial charge is 0.412 e. The summed E-state index contributed by atoms with van der Waals surface area (Å²) in [6, 6.07) is 0. The monoisotopic (exact) mass is 123 g/mol. The molecule has 0 fully saturated rings. The van der Waals surface area contributed by atoms with Crippen LogP contribution in [-0.2, 0) is 0 Å². The SMILES string of the molecule is CCCCNC.O.O. The molecule has 0 aromatic heterocycles. The first-order chi connectivity index (χ1) is 2.91. The van der Waals surface area contributed by atoms with E-state index in [1.165, 1.54) is 12.8 Å². The van der Waals surface area contributed by atoms with Crippen LogP contribution in [-0.4, -0.2) is 24.5 Å². The minimum atomic E-state index is 0. The molecule has 0 amide bonds. The van der Waals surface area contributed by atoms with Gasteiger partial charge in [-0.05, 0) is 20.0 Å². The van der Waals surface area contributed by atoms with E-state index >= 15 is 0 Å². The molecule has 0 unspecified atom stereocenters. The van der Waals surface area contributed by atoms with E-state index in [9.17, 15) is 0 Å². The zero-order valence-electron chi connectivity index (χ0n) is 5.62. The molecule has 0 saturated carbocycles. The lowest BCUT2D eigenvalue weighted by atomic mass is 10.3. The van der Waals surface area contributed by atoms with Crippen molar-refractivity contribution in [2.24, 2.45) is 0 Å². The van der Waals surface area contributed by atoms with Gasteiger partial charge in [-0.15, -0.1) is 0 Å². The van der Waals surface area contributed by atoms with Gasteiger partial charge in [-0.25, -0.2) is 0 Å². The third-order valence-electron chi connectivity index (χ3n) is 0.780. The summed E-state index contributed by atoms with van der Waals surface area (Å²) in [5.41, 5.74) is 0. The van der Waals surface area contributed by atoms with Crippen molar-refractivity contribution in [3.63, 3.8) is 0 Å². The summed E-state index contributed by atoms with van der Waals surface area (Å²) in [7, 11) is 1.98. The minimum Gasteiger partial charge on any atom is -0.412 e. The van der Waals surface area contributed by atoms with Crippen molar-refractivity contribution in [1.29, 1.82) is 0 Å². The Hall–Kier alpha value is -0.120. The van der Waals surface area contributed by atoms with Crippen LogP contribution in [0.1, 0.15) is 19.8 Å². The summed E-state index contributed by atoms with van der Waals surface area (Å²) in [6.45, 7) is 3.36. The highest BCUT2D eigenvalue weighted by molar-refractivity contribution is 4.34. The van der Waals surface area contributed by atoms with Gasteiger partial charge in [0.1, 0.15) is 0 Å². The van der Waals surface area contributed by atoms with Crippen molar-refractivity contribution in [3.8, 4) is 0 Å². The Kier molecular flexibility index (Phi) is 30.9. The average Bonchev–Trinajstić information content (AvgIpc) is 1.61. The van der Waals surface area contributed by atoms with Crippen molar-refractivity contribution < 1.29 is 11.0 Å². The predicted octanol–water partition coefficient (Wildman–Crippen LogP) is -0.644. The van der Waals surface area contributed by atoms with Crippen LogP contribution in [0.4, 0.5) is 0 Å². The third kappa shape index (κ3) is 16.9. The van der Waals surface area contributed by atoms with Crippen LogP contribution in [0.15, 0.2) is 0 Å². The molecule has 0 heterocycles. The lowest BCUT2D eigenvalue weighted by molar-refractivity contribution is 0.711. The summed E-state index contributed by atoms with van der Waals surface area (Å²) >= 11 is 0. The van der Waals surface area contributed by atoms with Crippen molar-refractivity contribution in [2.75, 3.05) is 13.6 Å². The molecule has 0 aliphatic heterocycles. The molecular weight excluding hydrogens is 106 g/mol. The van der Waals surface area contributed by atoms with E-state index in [0.717, 1.165) is 6.54 Å². The Morgan fingerprint density at radius 1 is 1.25 bits per heavy atom. The molecule has 5 N–H and O–H groups in total. The zero-order valence-corrected chi connectivity index (χ0v) is 5.62. The van der Waals surface area contributed by atoms with Gasteiger partial charge in [-0.3, -0.25) is 0 Å². The Morgan fingerprint density at radius 2 is 1.75 bits per heavy atom. The van der Waals surface area contributed by atoms with Crippen molar-refractivity contribution >= 4 is 0 Å². The van der Waals surface area contributed by atoms with Crippen LogP contribution in [0.3, 0.4) is 0 Å². The molecule has 0 rings (SSSR count). The molecule has 0 spiro atoms. The first-order valence-corrected chi connectivity index (χ1v) is 2.56. The third-order valence-corrected chi connectivity index (χ3v) is 0.780. The van der Waals surface area contributed by atoms with Crippen molar-refractivity contribution in [3.05, 3.63) is 0 Å². The number of hydrogen-bond donors (Lipinski definition) is 1. The van der Waals surface area contributed by atoms with E-state index in [2.05, 4.69) is 12.2 Å². The summed E-state index contributed by atoms with van der Waals surface area (Å²) in [6.07, 6.45) is 2.59. The number of unbranched alkanes of at least 4 members (excludes halogenated alkanes) is 1. The maximum Gasteiger partial charge on any atom is -0.00520 e. The summed E-state index contributed by atoms with van der Waals surface area (Å²) < 4.78 is 0. The van der Waals surface area contributed by atoms with E-state index in [4.69, 9.17) is 0 Å². The quantitative estimate of drug-likeness (QED) is 0.498. The van der Waals surface area contributed by atoms with Gasteiger partial charge in [0.2, 0.25) is 0 Å². The molecule has 54 valence electrons. The highest BCUT2D eigenvalue weighted by Crippen LogP contribution is 1.79. The number of nitrogens with one attached hydrogen (secondary N) is 1. The van der Waals surface area contributed by atoms with Gasteiger partial charge in [0.05, 0.1) is 0 Å². The molecule has 3 nitrogen and oxygen atoms in total. The first kappa shape index (κ1) is 15.7. The Balaban J connectivity index is -0.000000125. The van der Waals surface area contributed by atoms with E-state index < -0.39 is 0 Å². The second-order valence-electron chi connectivity index (χ2n) is 1.46. The maximum atomic E-state index is 3.07. The van der Waals surface area contributed by atoms with Crippen LogP contribution in [0.2, 0.25) is 0 Å². The van der Waals surface area contributed by atoms with Gasteiger partial charge in [0.15, 0.2) is 0 Å². The van der Waals surface area contributed by atoms with E-state index in [1.54, 1.807) is 0 Å². The first-order valence-electron chi connectivity index (χ1n) is 2.56. The lowest BCUT2D eigenvalue weighted by Crippen LogP contribution is -2.06. The Labute approximate surface area is 50.7 Å². The summed E-state index contributed by atoms with van der Waals surface area (Å²) in [4.78, 5) is 0. The fraction of sp³-hybridized carbons (Fsp3) is 1.00. The van der Waals surface area contributed by atoms with E-state index in [1.807, 2.05) is 7.05 Å². The molecule has 0 atom stereocenters. The van der Waals surface area contributed by atoms with E-state index in [-0.39, 0.29) is 11.0 Å². The maximum absolute atomic E-state index is 3.07. The van der Waals surface area contributed by atoms with Crippen LogP contribution in [0.5, 0.6) is 0 Å². The lowest BCUT2D eigenvalue weighted by Gasteiger charge is -1.89. The molecule has 0 aliphatic rings. The molecule has 0 saturated heterocycles. The second-order valence-corrected chi connectivity index (χ2v) is 1.46. The van der Waals surface area contributed by atoms with Crippen LogP contribution >= 0.6 is 0 Å². The van der Waals surface area contributed by atoms with Gasteiger partial charge in [-0.1, -0.05) is 13.3 Å². The normalized spacial score (nSPS) is 6.75. The number of hydrogen-bond acceptors (Lipinski definition) is 1. The van der Waals surface area contributed by atoms with Gasteiger partial charge in [0, 0.05) is 0 Å². The van der Waals surface area contributed by atoms with Gasteiger partial charge >= 0.3 is 0 Å². The Bertz CT molecular complexity index is 22.4. The fourth-order valence-electron chi connectivity index (χ4n) is 0.354. The zero-order chi connectivity index (χ0) is 4.83. The van der Waals surface area contributed by atoms with E-state index in [0.29, 0.717) is 0 Å². The molecular formula is C5H17NO2. The highest BCUT2D eigenvalue weighted by atomic mass is 16.0. The standard InChI is InChI=1S/C5H13N.2H2O/c1-3-4-5-6-2;;/h6H,3-5H2,1-2H3;2*1H2. The van der Waals surface area contributed by atoms with Crippen molar-refractivity contribution in [2.45, 2.75) is 19.8 Å². The molecule has 0 radical (unpaired) electrons. The molecule has 0 aromatic rings. The van der Waals surface area contributed by atoms with Gasteiger partial charge in [0.25, 0.3) is 0 Å². The molecule has 0 aromatic carbocycles. The molecule has 0 bridgehead atoms. The van der Waals surface area contributed by atoms with Crippen LogP contribution in [0, 0.1) is 0 Å². The van der Waals surface area contributed by atoms with Gasteiger partial charge in [-0.2, -0.15) is 0 Å². The fourth-order valence-corrected chi connectivity index (χ4v) is 0.354. The predicted molar refractivity (Wildman–Crippen MR) is 36.1 cm³/mol. The van der Waals surface area contributed by atoms with Crippen LogP contribution in [0.25, 0.3) is 0 Å². The Morgan fingerprint density at radius 3 is 1.88 bits per heavy atom. The number of rotatable bonds is 3. The highest BCUT2D eigenvalue weighted by Gasteiger charge is 1.73. The van der Waals surface area contributed by atoms with Crippen LogP contribution < -0.4 is 5.32 Å². The summed E-state index contributed by atoms with van der Waals surface area (Å²) in [5.74, 6) is 0. The molecule has 8 heavy (non-hydrogen) atoms. The smallest absolute Gasteiger partial charge is 0.00520 e. The molecule has 0 aliphatic carbocycles. The molecule has 3 heteroatoms. The van der Waals surface area contributed by atoms with Gasteiger partial charge < -0.3 is 16.3 Å². The summed E-state index contributed by atoms with van der Waals surface area (Å²) in [5, 5.41) is 3.07. The average molecular weight is 123 g/mol.